The number of H-pyrrole nitrogens is 2. The SMILES string of the molecule is NNc1nc(-c2ccc(Cl)cc2)c2c(=O)[nH]c(=O)[nH]c2n1. The van der Waals surface area contributed by atoms with Crippen LogP contribution in [0, 0.1) is 0 Å². The van der Waals surface area contributed by atoms with Crippen LogP contribution in [0.1, 0.15) is 0 Å². The number of hydrazine groups is 1. The van der Waals surface area contributed by atoms with Crippen molar-refractivity contribution in [3.05, 3.63) is 50.1 Å². The van der Waals surface area contributed by atoms with Gasteiger partial charge in [-0.15, -0.1) is 0 Å². The summed E-state index contributed by atoms with van der Waals surface area (Å²) in [4.78, 5) is 36.1. The predicted octanol–water partition coefficient (Wildman–Crippen LogP) is 0.612. The normalized spacial score (nSPS) is 10.8. The quantitative estimate of drug-likeness (QED) is 0.405. The monoisotopic (exact) mass is 304 g/mol. The Bertz CT molecular complexity index is 931. The molecule has 21 heavy (non-hydrogen) atoms. The molecule has 0 saturated heterocycles. The second-order valence-corrected chi connectivity index (χ2v) is 4.62. The van der Waals surface area contributed by atoms with E-state index in [0.29, 0.717) is 16.3 Å². The van der Waals surface area contributed by atoms with Crippen LogP contribution in [-0.2, 0) is 0 Å². The molecule has 3 rings (SSSR count). The summed E-state index contributed by atoms with van der Waals surface area (Å²) in [5, 5.41) is 0.715. The highest BCUT2D eigenvalue weighted by atomic mass is 35.5. The van der Waals surface area contributed by atoms with Crippen LogP contribution in [0.15, 0.2) is 33.9 Å². The molecule has 8 nitrogen and oxygen atoms in total. The van der Waals surface area contributed by atoms with Crippen molar-refractivity contribution >= 4 is 28.6 Å². The number of hydrogen-bond acceptors (Lipinski definition) is 6. The number of rotatable bonds is 2. The lowest BCUT2D eigenvalue weighted by atomic mass is 10.1. The predicted molar refractivity (Wildman–Crippen MR) is 79.0 cm³/mol. The molecule has 0 aliphatic heterocycles. The van der Waals surface area contributed by atoms with Crippen molar-refractivity contribution in [3.8, 4) is 11.3 Å². The fraction of sp³-hybridized carbons (Fsp3) is 0. The van der Waals surface area contributed by atoms with Crippen molar-refractivity contribution in [2.75, 3.05) is 5.43 Å². The van der Waals surface area contributed by atoms with Crippen LogP contribution in [0.3, 0.4) is 0 Å². The number of nitrogens with two attached hydrogens (primary N) is 1. The highest BCUT2D eigenvalue weighted by molar-refractivity contribution is 6.30. The molecule has 0 fully saturated rings. The number of hydrogen-bond donors (Lipinski definition) is 4. The molecule has 5 N–H and O–H groups in total. The first-order valence-corrected chi connectivity index (χ1v) is 6.23. The van der Waals surface area contributed by atoms with Crippen LogP contribution in [0.2, 0.25) is 5.02 Å². The average Bonchev–Trinajstić information content (AvgIpc) is 2.46. The second-order valence-electron chi connectivity index (χ2n) is 4.18. The molecular weight excluding hydrogens is 296 g/mol. The minimum atomic E-state index is -0.656. The Balaban J connectivity index is 2.42. The minimum absolute atomic E-state index is 0.0775. The zero-order valence-electron chi connectivity index (χ0n) is 10.5. The molecule has 0 spiro atoms. The molecule has 9 heteroatoms. The van der Waals surface area contributed by atoms with Crippen LogP contribution < -0.4 is 22.5 Å². The third kappa shape index (κ3) is 2.37. The molecule has 0 saturated carbocycles. The van der Waals surface area contributed by atoms with Gasteiger partial charge in [0.05, 0.1) is 5.69 Å². The van der Waals surface area contributed by atoms with E-state index in [1.54, 1.807) is 24.3 Å². The first-order chi connectivity index (χ1) is 10.1. The largest absolute Gasteiger partial charge is 0.327 e. The lowest BCUT2D eigenvalue weighted by Gasteiger charge is -2.07. The first-order valence-electron chi connectivity index (χ1n) is 5.85. The van der Waals surface area contributed by atoms with E-state index < -0.39 is 11.2 Å². The number of aromatic amines is 2. The van der Waals surface area contributed by atoms with E-state index in [1.165, 1.54) is 0 Å². The Morgan fingerprint density at radius 3 is 2.48 bits per heavy atom. The Labute approximate surface area is 122 Å². The van der Waals surface area contributed by atoms with Gasteiger partial charge in [-0.2, -0.15) is 4.98 Å². The lowest BCUT2D eigenvalue weighted by molar-refractivity contribution is 1.04. The van der Waals surface area contributed by atoms with Crippen LogP contribution in [0.25, 0.3) is 22.3 Å². The Morgan fingerprint density at radius 1 is 1.10 bits per heavy atom. The Hall–Kier alpha value is -2.71. The molecule has 0 atom stereocenters. The molecule has 2 heterocycles. The third-order valence-electron chi connectivity index (χ3n) is 2.84. The van der Waals surface area contributed by atoms with Crippen molar-refractivity contribution in [2.45, 2.75) is 0 Å². The van der Waals surface area contributed by atoms with E-state index in [2.05, 4.69) is 25.4 Å². The van der Waals surface area contributed by atoms with E-state index in [0.717, 1.165) is 0 Å². The molecule has 0 bridgehead atoms. The number of aromatic nitrogens is 4. The number of nitrogen functional groups attached to an aromatic ring is 1. The van der Waals surface area contributed by atoms with Gasteiger partial charge in [0.2, 0.25) is 5.95 Å². The molecule has 0 unspecified atom stereocenters. The van der Waals surface area contributed by atoms with E-state index in [4.69, 9.17) is 17.4 Å². The molecule has 0 amide bonds. The average molecular weight is 305 g/mol. The topological polar surface area (TPSA) is 130 Å². The summed E-state index contributed by atoms with van der Waals surface area (Å²) in [7, 11) is 0. The molecule has 0 aliphatic rings. The van der Waals surface area contributed by atoms with Gasteiger partial charge in [0, 0.05) is 10.6 Å². The van der Waals surface area contributed by atoms with Crippen molar-refractivity contribution in [3.63, 3.8) is 0 Å². The van der Waals surface area contributed by atoms with E-state index >= 15 is 0 Å². The summed E-state index contributed by atoms with van der Waals surface area (Å²) in [5.74, 6) is 5.39. The summed E-state index contributed by atoms with van der Waals surface area (Å²) in [6.07, 6.45) is 0. The fourth-order valence-corrected chi connectivity index (χ4v) is 2.08. The van der Waals surface area contributed by atoms with Crippen molar-refractivity contribution < 1.29 is 0 Å². The fourth-order valence-electron chi connectivity index (χ4n) is 1.95. The molecule has 106 valence electrons. The number of fused-ring (bicyclic) bond motifs is 1. The summed E-state index contributed by atoms with van der Waals surface area (Å²) in [5.41, 5.74) is 2.13. The maximum atomic E-state index is 12.0. The minimum Gasteiger partial charge on any atom is -0.292 e. The highest BCUT2D eigenvalue weighted by Gasteiger charge is 2.14. The van der Waals surface area contributed by atoms with E-state index in [9.17, 15) is 9.59 Å². The van der Waals surface area contributed by atoms with Gasteiger partial charge < -0.3 is 0 Å². The van der Waals surface area contributed by atoms with Gasteiger partial charge in [0.15, 0.2) is 5.65 Å². The van der Waals surface area contributed by atoms with Gasteiger partial charge in [-0.25, -0.2) is 15.6 Å². The molecule has 0 aliphatic carbocycles. The molecule has 2 aromatic heterocycles. The molecule has 3 aromatic rings. The van der Waals surface area contributed by atoms with Gasteiger partial charge in [0.25, 0.3) is 5.56 Å². The van der Waals surface area contributed by atoms with Crippen LogP contribution >= 0.6 is 11.6 Å². The number of halogens is 1. The summed E-state index contributed by atoms with van der Waals surface area (Å²) in [6.45, 7) is 0. The van der Waals surface area contributed by atoms with Gasteiger partial charge in [0.1, 0.15) is 5.39 Å². The standard InChI is InChI=1S/C12H9ClN6O2/c13-6-3-1-5(2-4-6)8-7-9(16-11(15-8)19-14)17-12(21)18-10(7)20/h1-4H,14H2,(H3,15,16,17,18,19,20,21). The Morgan fingerprint density at radius 2 is 1.81 bits per heavy atom. The second kappa shape index (κ2) is 5.00. The number of anilines is 1. The summed E-state index contributed by atoms with van der Waals surface area (Å²) >= 11 is 5.85. The van der Waals surface area contributed by atoms with Crippen molar-refractivity contribution in [1.29, 1.82) is 0 Å². The number of benzene rings is 1. The first kappa shape index (κ1) is 13.3. The van der Waals surface area contributed by atoms with Crippen LogP contribution in [0.4, 0.5) is 5.95 Å². The molecule has 0 radical (unpaired) electrons. The number of nitrogens with zero attached hydrogens (tertiary/aromatic N) is 2. The maximum absolute atomic E-state index is 12.0. The van der Waals surface area contributed by atoms with Crippen molar-refractivity contribution in [2.24, 2.45) is 5.84 Å². The Kier molecular flexibility index (Phi) is 3.16. The van der Waals surface area contributed by atoms with Gasteiger partial charge in [-0.3, -0.25) is 20.2 Å². The van der Waals surface area contributed by atoms with Crippen molar-refractivity contribution in [1.82, 2.24) is 19.9 Å². The summed E-state index contributed by atoms with van der Waals surface area (Å²) < 4.78 is 0. The lowest BCUT2D eigenvalue weighted by Crippen LogP contribution is -2.24. The smallest absolute Gasteiger partial charge is 0.292 e. The third-order valence-corrected chi connectivity index (χ3v) is 3.09. The van der Waals surface area contributed by atoms with Crippen LogP contribution in [0.5, 0.6) is 0 Å². The zero-order chi connectivity index (χ0) is 15.0. The van der Waals surface area contributed by atoms with Gasteiger partial charge in [-0.1, -0.05) is 23.7 Å². The molecular formula is C12H9ClN6O2. The van der Waals surface area contributed by atoms with Gasteiger partial charge in [-0.05, 0) is 12.1 Å². The van der Waals surface area contributed by atoms with E-state index in [-0.39, 0.29) is 17.0 Å². The summed E-state index contributed by atoms with van der Waals surface area (Å²) in [6, 6.07) is 6.74. The van der Waals surface area contributed by atoms with Crippen LogP contribution in [-0.4, -0.2) is 19.9 Å². The zero-order valence-corrected chi connectivity index (χ0v) is 11.2. The molecule has 1 aromatic carbocycles. The van der Waals surface area contributed by atoms with Gasteiger partial charge >= 0.3 is 5.69 Å². The maximum Gasteiger partial charge on any atom is 0.327 e. The van der Waals surface area contributed by atoms with E-state index in [1.807, 2.05) is 0 Å². The highest BCUT2D eigenvalue weighted by Crippen LogP contribution is 2.24. The number of nitrogens with one attached hydrogen (secondary N) is 3.